The second kappa shape index (κ2) is 8.00. The van der Waals surface area contributed by atoms with Crippen LogP contribution in [0.5, 0.6) is 5.75 Å². The van der Waals surface area contributed by atoms with Crippen LogP contribution in [0.2, 0.25) is 0 Å². The number of benzene rings is 2. The van der Waals surface area contributed by atoms with Crippen LogP contribution in [0.1, 0.15) is 0 Å². The molecule has 2 aromatic rings. The number of ether oxygens (including phenoxy) is 2. The van der Waals surface area contributed by atoms with Gasteiger partial charge in [-0.1, -0.05) is 15.9 Å². The van der Waals surface area contributed by atoms with Crippen molar-refractivity contribution >= 4 is 37.6 Å². The molecule has 0 aliphatic rings. The molecule has 0 unspecified atom stereocenters. The number of halogens is 3. The maximum atomic E-state index is 14.3. The quantitative estimate of drug-likeness (QED) is 0.633. The van der Waals surface area contributed by atoms with E-state index < -0.39 is 39.1 Å². The van der Waals surface area contributed by atoms with Crippen LogP contribution in [-0.4, -0.2) is 35.2 Å². The number of sulfonamides is 1. The van der Waals surface area contributed by atoms with E-state index in [1.165, 1.54) is 19.2 Å². The highest BCUT2D eigenvalue weighted by Crippen LogP contribution is 2.30. The molecule has 10 heteroatoms. The minimum Gasteiger partial charge on any atom is -0.494 e. The molecule has 26 heavy (non-hydrogen) atoms. The van der Waals surface area contributed by atoms with Crippen molar-refractivity contribution in [2.24, 2.45) is 0 Å². The van der Waals surface area contributed by atoms with Crippen molar-refractivity contribution in [1.82, 2.24) is 0 Å². The van der Waals surface area contributed by atoms with Gasteiger partial charge in [-0.2, -0.15) is 0 Å². The van der Waals surface area contributed by atoms with Crippen LogP contribution < -0.4 is 9.04 Å². The van der Waals surface area contributed by atoms with Crippen molar-refractivity contribution in [2.75, 3.05) is 25.1 Å². The average molecular weight is 450 g/mol. The summed E-state index contributed by atoms with van der Waals surface area (Å²) in [7, 11) is -2.16. The first-order valence-corrected chi connectivity index (χ1v) is 9.32. The molecule has 0 aromatic heterocycles. The molecule has 0 saturated carbocycles. The fourth-order valence-electron chi connectivity index (χ4n) is 2.10. The molecule has 0 amide bonds. The molecule has 140 valence electrons. The number of anilines is 1. The average Bonchev–Trinajstić information content (AvgIpc) is 2.59. The number of esters is 1. The Morgan fingerprint density at radius 2 is 1.81 bits per heavy atom. The number of rotatable bonds is 6. The highest BCUT2D eigenvalue weighted by atomic mass is 79.9. The number of nitrogens with zero attached hydrogens (tertiary/aromatic N) is 1. The fourth-order valence-corrected chi connectivity index (χ4v) is 3.86. The Morgan fingerprint density at radius 3 is 2.35 bits per heavy atom. The Hall–Kier alpha value is -2.20. The molecule has 0 aliphatic carbocycles. The van der Waals surface area contributed by atoms with Gasteiger partial charge in [-0.15, -0.1) is 0 Å². The third-order valence-electron chi connectivity index (χ3n) is 3.39. The second-order valence-electron chi connectivity index (χ2n) is 4.98. The number of hydrogen-bond acceptors (Lipinski definition) is 5. The van der Waals surface area contributed by atoms with Gasteiger partial charge in [0.1, 0.15) is 12.4 Å². The van der Waals surface area contributed by atoms with Gasteiger partial charge >= 0.3 is 5.97 Å². The zero-order chi connectivity index (χ0) is 19.5. The first-order valence-electron chi connectivity index (χ1n) is 7.09. The SMILES string of the molecule is COC(=O)CN(c1ccc(Br)cc1F)S(=O)(=O)c1ccc(OC)c(F)c1. The van der Waals surface area contributed by atoms with Crippen LogP contribution in [0.3, 0.4) is 0 Å². The molecule has 0 radical (unpaired) electrons. The van der Waals surface area contributed by atoms with Crippen molar-refractivity contribution in [2.45, 2.75) is 4.90 Å². The van der Waals surface area contributed by atoms with Crippen LogP contribution in [0.25, 0.3) is 0 Å². The van der Waals surface area contributed by atoms with Gasteiger partial charge in [0.15, 0.2) is 11.6 Å². The standard InChI is InChI=1S/C16H14BrF2NO5S/c1-24-15-6-4-11(8-13(15)19)26(22,23)20(9-16(21)25-2)14-5-3-10(17)7-12(14)18/h3-8H,9H2,1-2H3. The highest BCUT2D eigenvalue weighted by Gasteiger charge is 2.30. The third kappa shape index (κ3) is 4.13. The van der Waals surface area contributed by atoms with Gasteiger partial charge in [-0.25, -0.2) is 17.2 Å². The molecule has 0 spiro atoms. The van der Waals surface area contributed by atoms with Gasteiger partial charge < -0.3 is 9.47 Å². The number of hydrogen-bond donors (Lipinski definition) is 0. The zero-order valence-corrected chi connectivity index (χ0v) is 16.1. The molecular weight excluding hydrogens is 436 g/mol. The zero-order valence-electron chi connectivity index (χ0n) is 13.7. The van der Waals surface area contributed by atoms with Crippen molar-refractivity contribution in [3.05, 3.63) is 52.5 Å². The molecular formula is C16H14BrF2NO5S. The topological polar surface area (TPSA) is 72.9 Å². The van der Waals surface area contributed by atoms with E-state index >= 15 is 0 Å². The number of methoxy groups -OCH3 is 2. The van der Waals surface area contributed by atoms with Gasteiger partial charge in [-0.05, 0) is 36.4 Å². The molecule has 0 bridgehead atoms. The lowest BCUT2D eigenvalue weighted by Crippen LogP contribution is -2.37. The summed E-state index contributed by atoms with van der Waals surface area (Å²) >= 11 is 3.07. The maximum Gasteiger partial charge on any atom is 0.326 e. The van der Waals surface area contributed by atoms with Crippen LogP contribution >= 0.6 is 15.9 Å². The first kappa shape index (κ1) is 20.1. The van der Waals surface area contributed by atoms with E-state index in [1.807, 2.05) is 0 Å². The number of carbonyl (C=O) groups is 1. The molecule has 0 aliphatic heterocycles. The predicted octanol–water partition coefficient (Wildman–Crippen LogP) is 3.10. The fraction of sp³-hybridized carbons (Fsp3) is 0.188. The Balaban J connectivity index is 2.59. The van der Waals surface area contributed by atoms with Crippen molar-refractivity contribution in [1.29, 1.82) is 0 Å². The Labute approximate surface area is 157 Å². The molecule has 0 atom stereocenters. The minimum atomic E-state index is -4.46. The van der Waals surface area contributed by atoms with Crippen LogP contribution in [0.15, 0.2) is 45.8 Å². The van der Waals surface area contributed by atoms with Crippen LogP contribution in [0.4, 0.5) is 14.5 Å². The summed E-state index contributed by atoms with van der Waals surface area (Å²) in [5.41, 5.74) is -0.380. The van der Waals surface area contributed by atoms with E-state index in [0.29, 0.717) is 8.78 Å². The largest absolute Gasteiger partial charge is 0.494 e. The van der Waals surface area contributed by atoms with E-state index in [0.717, 1.165) is 31.4 Å². The van der Waals surface area contributed by atoms with E-state index in [1.54, 1.807) is 0 Å². The molecule has 0 saturated heterocycles. The van der Waals surface area contributed by atoms with E-state index in [9.17, 15) is 22.0 Å². The molecule has 0 fully saturated rings. The lowest BCUT2D eigenvalue weighted by Gasteiger charge is -2.24. The summed E-state index contributed by atoms with van der Waals surface area (Å²) < 4.78 is 64.2. The Morgan fingerprint density at radius 1 is 1.12 bits per heavy atom. The summed E-state index contributed by atoms with van der Waals surface area (Å²) in [6, 6.07) is 6.58. The first-order chi connectivity index (χ1) is 12.2. The third-order valence-corrected chi connectivity index (χ3v) is 5.64. The summed E-state index contributed by atoms with van der Waals surface area (Å²) in [5, 5.41) is 0. The van der Waals surface area contributed by atoms with Crippen LogP contribution in [-0.2, 0) is 19.6 Å². The summed E-state index contributed by atoms with van der Waals surface area (Å²) in [6.45, 7) is -0.787. The predicted molar refractivity (Wildman–Crippen MR) is 93.6 cm³/mol. The molecule has 2 aromatic carbocycles. The van der Waals surface area contributed by atoms with Gasteiger partial charge in [0.05, 0.1) is 24.8 Å². The van der Waals surface area contributed by atoms with Gasteiger partial charge in [0, 0.05) is 4.47 Å². The lowest BCUT2D eigenvalue weighted by atomic mass is 10.3. The smallest absolute Gasteiger partial charge is 0.326 e. The summed E-state index contributed by atoms with van der Waals surface area (Å²) in [5.74, 6) is -2.87. The Bertz CT molecular complexity index is 936. The van der Waals surface area contributed by atoms with Crippen molar-refractivity contribution < 1.29 is 31.5 Å². The van der Waals surface area contributed by atoms with E-state index in [2.05, 4.69) is 20.7 Å². The highest BCUT2D eigenvalue weighted by molar-refractivity contribution is 9.10. The van der Waals surface area contributed by atoms with Gasteiger partial charge in [-0.3, -0.25) is 9.10 Å². The van der Waals surface area contributed by atoms with E-state index in [-0.39, 0.29) is 11.4 Å². The molecule has 6 nitrogen and oxygen atoms in total. The van der Waals surface area contributed by atoms with Crippen molar-refractivity contribution in [3.8, 4) is 5.75 Å². The lowest BCUT2D eigenvalue weighted by molar-refractivity contribution is -0.138. The summed E-state index contributed by atoms with van der Waals surface area (Å²) in [6.07, 6.45) is 0. The van der Waals surface area contributed by atoms with Gasteiger partial charge in [0.25, 0.3) is 10.0 Å². The molecule has 0 heterocycles. The van der Waals surface area contributed by atoms with Crippen LogP contribution in [0, 0.1) is 11.6 Å². The monoisotopic (exact) mass is 449 g/mol. The van der Waals surface area contributed by atoms with E-state index in [4.69, 9.17) is 4.74 Å². The van der Waals surface area contributed by atoms with Crippen molar-refractivity contribution in [3.63, 3.8) is 0 Å². The number of carbonyl (C=O) groups excluding carboxylic acids is 1. The van der Waals surface area contributed by atoms with Gasteiger partial charge in [0.2, 0.25) is 0 Å². The Kier molecular flexibility index (Phi) is 6.19. The maximum absolute atomic E-state index is 14.3. The summed E-state index contributed by atoms with van der Waals surface area (Å²) in [4.78, 5) is 11.2. The second-order valence-corrected chi connectivity index (χ2v) is 7.76. The normalized spacial score (nSPS) is 11.1. The minimum absolute atomic E-state index is 0.154. The molecule has 2 rings (SSSR count). The molecule has 0 N–H and O–H groups in total.